The van der Waals surface area contributed by atoms with Crippen LogP contribution >= 0.6 is 0 Å². The molecule has 0 saturated carbocycles. The summed E-state index contributed by atoms with van der Waals surface area (Å²) in [4.78, 5) is 21.6. The number of nitrogens with one attached hydrogen (secondary N) is 1. The summed E-state index contributed by atoms with van der Waals surface area (Å²) >= 11 is 0. The predicted molar refractivity (Wildman–Crippen MR) is 140 cm³/mol. The maximum Gasteiger partial charge on any atom is 0.227 e. The van der Waals surface area contributed by atoms with Crippen molar-refractivity contribution >= 4 is 11.6 Å². The van der Waals surface area contributed by atoms with Crippen LogP contribution in [0.5, 0.6) is 0 Å². The molecule has 1 N–H and O–H groups in total. The van der Waals surface area contributed by atoms with E-state index in [1.807, 2.05) is 12.1 Å². The number of amides is 1. The lowest BCUT2D eigenvalue weighted by molar-refractivity contribution is -0.121. The number of hydrogen-bond donors (Lipinski definition) is 1. The lowest BCUT2D eigenvalue weighted by Gasteiger charge is -2.36. The lowest BCUT2D eigenvalue weighted by atomic mass is 10.0. The third kappa shape index (κ3) is 7.15. The molecule has 4 rings (SSSR count). The molecule has 3 aromatic rings. The molecule has 2 aromatic carbocycles. The number of aromatic nitrogens is 2. The summed E-state index contributed by atoms with van der Waals surface area (Å²) < 4.78 is 5.35. The number of piperazine rings is 1. The lowest BCUT2D eigenvalue weighted by Crippen LogP contribution is -2.47. The van der Waals surface area contributed by atoms with E-state index in [4.69, 9.17) is 4.52 Å². The Morgan fingerprint density at radius 3 is 2.57 bits per heavy atom. The third-order valence-corrected chi connectivity index (χ3v) is 6.58. The zero-order chi connectivity index (χ0) is 24.6. The average molecular weight is 476 g/mol. The summed E-state index contributed by atoms with van der Waals surface area (Å²) in [6.07, 6.45) is 1.75. The van der Waals surface area contributed by atoms with Crippen LogP contribution in [0, 0.1) is 6.92 Å². The van der Waals surface area contributed by atoms with Crippen molar-refractivity contribution in [2.75, 3.05) is 44.2 Å². The molecule has 0 spiro atoms. The number of anilines is 1. The molecule has 1 aliphatic rings. The number of carbonyl (C=O) groups excluding carboxylic acids is 1. The molecule has 186 valence electrons. The van der Waals surface area contributed by atoms with Crippen LogP contribution < -0.4 is 10.2 Å². The Hall–Kier alpha value is -3.19. The minimum absolute atomic E-state index is 0.0234. The maximum absolute atomic E-state index is 12.3. The van der Waals surface area contributed by atoms with E-state index in [0.29, 0.717) is 37.0 Å². The second-order valence-corrected chi connectivity index (χ2v) is 9.66. The fourth-order valence-electron chi connectivity index (χ4n) is 4.38. The van der Waals surface area contributed by atoms with Gasteiger partial charge in [-0.1, -0.05) is 55.4 Å². The smallest absolute Gasteiger partial charge is 0.227 e. The summed E-state index contributed by atoms with van der Waals surface area (Å²) in [7, 11) is 0. The molecule has 1 amide bonds. The molecule has 0 bridgehead atoms. The quantitative estimate of drug-likeness (QED) is 0.437. The molecule has 0 atom stereocenters. The minimum Gasteiger partial charge on any atom is -0.369 e. The largest absolute Gasteiger partial charge is 0.369 e. The second-order valence-electron chi connectivity index (χ2n) is 9.66. The molecule has 1 fully saturated rings. The van der Waals surface area contributed by atoms with Crippen molar-refractivity contribution < 1.29 is 9.32 Å². The number of aryl methyl sites for hydroxylation is 2. The van der Waals surface area contributed by atoms with Gasteiger partial charge in [-0.3, -0.25) is 9.69 Å². The highest BCUT2D eigenvalue weighted by Gasteiger charge is 2.17. The first-order valence-corrected chi connectivity index (χ1v) is 12.7. The van der Waals surface area contributed by atoms with Gasteiger partial charge in [0.05, 0.1) is 0 Å². The van der Waals surface area contributed by atoms with Crippen LogP contribution in [0.25, 0.3) is 11.4 Å². The van der Waals surface area contributed by atoms with Crippen LogP contribution in [0.3, 0.4) is 0 Å². The van der Waals surface area contributed by atoms with Crippen LogP contribution in [0.2, 0.25) is 0 Å². The molecule has 1 aliphatic heterocycles. The molecule has 1 aromatic heterocycles. The highest BCUT2D eigenvalue weighted by atomic mass is 16.5. The Morgan fingerprint density at radius 2 is 1.86 bits per heavy atom. The number of carbonyl (C=O) groups is 1. The molecule has 0 aliphatic carbocycles. The van der Waals surface area contributed by atoms with Crippen LogP contribution in [0.4, 0.5) is 5.69 Å². The monoisotopic (exact) mass is 475 g/mol. The van der Waals surface area contributed by atoms with Crippen molar-refractivity contribution in [1.82, 2.24) is 20.4 Å². The van der Waals surface area contributed by atoms with E-state index in [0.717, 1.165) is 44.7 Å². The van der Waals surface area contributed by atoms with E-state index in [-0.39, 0.29) is 5.91 Å². The first-order chi connectivity index (χ1) is 17.0. The van der Waals surface area contributed by atoms with E-state index in [2.05, 4.69) is 82.4 Å². The maximum atomic E-state index is 12.3. The first-order valence-electron chi connectivity index (χ1n) is 12.7. The summed E-state index contributed by atoms with van der Waals surface area (Å²) in [6.45, 7) is 12.4. The van der Waals surface area contributed by atoms with Crippen molar-refractivity contribution in [2.24, 2.45) is 0 Å². The summed E-state index contributed by atoms with van der Waals surface area (Å²) in [5.41, 5.74) is 4.82. The Bertz CT molecular complexity index is 1080. The molecular weight excluding hydrogens is 438 g/mol. The summed E-state index contributed by atoms with van der Waals surface area (Å²) in [6, 6.07) is 16.9. The Morgan fingerprint density at radius 1 is 1.09 bits per heavy atom. The SMILES string of the molecule is Cc1cccc(N2CCN(CCCNC(=O)CCc3nc(-c4ccc(C(C)C)cc4)no3)CC2)c1. The number of hydrogen-bond acceptors (Lipinski definition) is 6. The molecule has 2 heterocycles. The molecule has 35 heavy (non-hydrogen) atoms. The van der Waals surface area contributed by atoms with Gasteiger partial charge in [0.1, 0.15) is 0 Å². The van der Waals surface area contributed by atoms with E-state index in [1.165, 1.54) is 16.8 Å². The fraction of sp³-hybridized carbons (Fsp3) is 0.464. The minimum atomic E-state index is 0.0234. The van der Waals surface area contributed by atoms with Crippen molar-refractivity contribution in [1.29, 1.82) is 0 Å². The topological polar surface area (TPSA) is 74.5 Å². The molecule has 7 heteroatoms. The summed E-state index contributed by atoms with van der Waals surface area (Å²) in [5, 5.41) is 7.09. The van der Waals surface area contributed by atoms with Crippen LogP contribution in [-0.2, 0) is 11.2 Å². The van der Waals surface area contributed by atoms with Crippen molar-refractivity contribution in [2.45, 2.75) is 46.0 Å². The van der Waals surface area contributed by atoms with Gasteiger partial charge < -0.3 is 14.7 Å². The van der Waals surface area contributed by atoms with Gasteiger partial charge >= 0.3 is 0 Å². The molecular formula is C28H37N5O2. The van der Waals surface area contributed by atoms with Gasteiger partial charge in [-0.05, 0) is 49.1 Å². The number of nitrogens with zero attached hydrogens (tertiary/aromatic N) is 4. The Balaban J connectivity index is 1.11. The van der Waals surface area contributed by atoms with Gasteiger partial charge in [-0.15, -0.1) is 0 Å². The van der Waals surface area contributed by atoms with Gasteiger partial charge in [0.25, 0.3) is 0 Å². The van der Waals surface area contributed by atoms with Crippen LogP contribution in [0.15, 0.2) is 53.1 Å². The zero-order valence-electron chi connectivity index (χ0n) is 21.2. The normalized spacial score (nSPS) is 14.5. The summed E-state index contributed by atoms with van der Waals surface area (Å²) in [5.74, 6) is 1.57. The second kappa shape index (κ2) is 12.0. The van der Waals surface area contributed by atoms with Gasteiger partial charge in [0.2, 0.25) is 17.6 Å². The molecule has 7 nitrogen and oxygen atoms in total. The average Bonchev–Trinajstić information content (AvgIpc) is 3.35. The van der Waals surface area contributed by atoms with Gasteiger partial charge in [0, 0.05) is 56.8 Å². The zero-order valence-corrected chi connectivity index (χ0v) is 21.2. The van der Waals surface area contributed by atoms with E-state index in [9.17, 15) is 4.79 Å². The van der Waals surface area contributed by atoms with Crippen LogP contribution in [-0.4, -0.2) is 60.2 Å². The van der Waals surface area contributed by atoms with Gasteiger partial charge in [-0.25, -0.2) is 0 Å². The van der Waals surface area contributed by atoms with E-state index < -0.39 is 0 Å². The number of benzene rings is 2. The van der Waals surface area contributed by atoms with E-state index in [1.54, 1.807) is 0 Å². The fourth-order valence-corrected chi connectivity index (χ4v) is 4.38. The molecule has 0 unspecified atom stereocenters. The van der Waals surface area contributed by atoms with E-state index >= 15 is 0 Å². The Kier molecular flexibility index (Phi) is 8.53. The molecule has 1 saturated heterocycles. The van der Waals surface area contributed by atoms with Gasteiger partial charge in [-0.2, -0.15) is 4.98 Å². The highest BCUT2D eigenvalue weighted by molar-refractivity contribution is 5.76. The van der Waals surface area contributed by atoms with Gasteiger partial charge in [0.15, 0.2) is 0 Å². The number of rotatable bonds is 10. The van der Waals surface area contributed by atoms with Crippen molar-refractivity contribution in [3.63, 3.8) is 0 Å². The molecule has 0 radical (unpaired) electrons. The van der Waals surface area contributed by atoms with Crippen molar-refractivity contribution in [3.8, 4) is 11.4 Å². The Labute approximate surface area is 208 Å². The standard InChI is InChI=1S/C28H37N5O2/c1-21(2)23-8-10-24(11-9-23)28-30-27(35-31-28)13-12-26(34)29-14-5-15-32-16-18-33(19-17-32)25-7-4-6-22(3)20-25/h4,6-11,20-21H,5,12-19H2,1-3H3,(H,29,34). The van der Waals surface area contributed by atoms with Crippen LogP contribution in [0.1, 0.15) is 49.6 Å². The van der Waals surface area contributed by atoms with Crippen molar-refractivity contribution in [3.05, 3.63) is 65.5 Å². The third-order valence-electron chi connectivity index (χ3n) is 6.58. The highest BCUT2D eigenvalue weighted by Crippen LogP contribution is 2.21. The first kappa shape index (κ1) is 24.9. The predicted octanol–water partition coefficient (Wildman–Crippen LogP) is 4.43.